The number of Topliss-reactive ketones (excluding diaryl/α,β-unsaturated/α-hetero) is 2. The fourth-order valence-electron chi connectivity index (χ4n) is 1.41. The number of ketones is 2. The highest BCUT2D eigenvalue weighted by Gasteiger charge is 2.33. The first-order valence-electron chi connectivity index (χ1n) is 7.25. The number of rotatable bonds is 11. The number of aliphatic hydroxyl groups excluding tert-OH is 11. The lowest BCUT2D eigenvalue weighted by Crippen LogP contribution is -2.49. The van der Waals surface area contributed by atoms with Crippen LogP contribution in [0.25, 0.3) is 0 Å². The van der Waals surface area contributed by atoms with Gasteiger partial charge in [0.25, 0.3) is 0 Å². The number of aliphatic hydroxyl groups is 11. The molecule has 0 aliphatic rings. The number of carbonyl (C=O) groups excluding carboxylic acids is 2. The summed E-state index contributed by atoms with van der Waals surface area (Å²) in [6.07, 6.45) is -12.7. The topological polar surface area (TPSA) is 257 Å². The van der Waals surface area contributed by atoms with Crippen LogP contribution in [0.3, 0.4) is 0 Å². The van der Waals surface area contributed by atoms with Crippen LogP contribution in [-0.2, 0) is 9.59 Å². The molecule has 0 aliphatic heterocycles. The van der Waals surface area contributed by atoms with Gasteiger partial charge in [-0.1, -0.05) is 0 Å². The van der Waals surface area contributed by atoms with E-state index < -0.39 is 80.7 Å². The Hall–Kier alpha value is -1.10. The summed E-state index contributed by atoms with van der Waals surface area (Å²) in [4.78, 5) is 21.2. The molecular weight excluding hydrogens is 364 g/mol. The molecule has 0 radical (unpaired) electrons. The predicted molar refractivity (Wildman–Crippen MR) is 80.4 cm³/mol. The molecule has 11 N–H and O–H groups in total. The average Bonchev–Trinajstić information content (AvgIpc) is 2.68. The van der Waals surface area contributed by atoms with Crippen molar-refractivity contribution >= 4 is 11.6 Å². The van der Waals surface area contributed by atoms with Crippen molar-refractivity contribution in [1.82, 2.24) is 0 Å². The maximum Gasteiger partial charge on any atom is 0.189 e. The Balaban J connectivity index is 0. The van der Waals surface area contributed by atoms with Crippen LogP contribution in [-0.4, -0.2) is 137 Å². The molecule has 0 spiro atoms. The summed E-state index contributed by atoms with van der Waals surface area (Å²) < 4.78 is 0. The Labute approximate surface area is 147 Å². The minimum Gasteiger partial charge on any atom is -0.394 e. The number of hydrogen-bond acceptors (Lipinski definition) is 13. The number of carbonyl (C=O) groups is 2. The average molecular weight is 390 g/mol. The Kier molecular flexibility index (Phi) is 14.6. The van der Waals surface area contributed by atoms with E-state index in [1.165, 1.54) is 0 Å². The van der Waals surface area contributed by atoms with Crippen LogP contribution in [0.5, 0.6) is 0 Å². The molecule has 0 rings (SSSR count). The molecule has 0 amide bonds. The van der Waals surface area contributed by atoms with E-state index in [4.69, 9.17) is 56.2 Å². The molecule has 0 aromatic heterocycles. The van der Waals surface area contributed by atoms with Crippen molar-refractivity contribution in [1.29, 1.82) is 0 Å². The summed E-state index contributed by atoms with van der Waals surface area (Å²) in [5.41, 5.74) is 0. The van der Waals surface area contributed by atoms with Crippen LogP contribution in [0.2, 0.25) is 0 Å². The fourth-order valence-corrected chi connectivity index (χ4v) is 1.41. The van der Waals surface area contributed by atoms with Gasteiger partial charge in [-0.15, -0.1) is 0 Å². The van der Waals surface area contributed by atoms with E-state index in [0.717, 1.165) is 0 Å². The van der Waals surface area contributed by atoms with E-state index in [0.29, 0.717) is 0 Å². The predicted octanol–water partition coefficient (Wildman–Crippen LogP) is -7.39. The minimum atomic E-state index is -1.99. The standard InChI is InChI=1S/C7H14O7.C6H12O6/c8-1-3(10)5(12)7(14)6(13)4(11)2-9;7-1-3(9)5(11)6(12)4(10)2-8/h3,5-10,12-14H,1-2H2;3,5-9,11-12H,1-2H2/t3-,5-,6-,7+;3-,5+,6-/m11/s1. The van der Waals surface area contributed by atoms with Gasteiger partial charge in [-0.2, -0.15) is 0 Å². The van der Waals surface area contributed by atoms with Crippen molar-refractivity contribution in [3.05, 3.63) is 0 Å². The van der Waals surface area contributed by atoms with E-state index in [9.17, 15) is 9.59 Å². The highest BCUT2D eigenvalue weighted by molar-refractivity contribution is 5.84. The van der Waals surface area contributed by atoms with Crippen molar-refractivity contribution in [3.8, 4) is 0 Å². The monoisotopic (exact) mass is 390 g/mol. The van der Waals surface area contributed by atoms with Crippen molar-refractivity contribution < 1.29 is 65.8 Å². The molecule has 7 atom stereocenters. The van der Waals surface area contributed by atoms with Gasteiger partial charge < -0.3 is 56.2 Å². The zero-order valence-electron chi connectivity index (χ0n) is 13.6. The van der Waals surface area contributed by atoms with E-state index in [1.54, 1.807) is 0 Å². The summed E-state index contributed by atoms with van der Waals surface area (Å²) in [7, 11) is 0. The normalized spacial score (nSPS) is 19.2. The molecule has 0 aliphatic carbocycles. The van der Waals surface area contributed by atoms with Crippen LogP contribution in [0.15, 0.2) is 0 Å². The van der Waals surface area contributed by atoms with Crippen LogP contribution >= 0.6 is 0 Å². The second kappa shape index (κ2) is 14.0. The molecule has 0 unspecified atom stereocenters. The summed E-state index contributed by atoms with van der Waals surface area (Å²) in [6.45, 7) is -3.49. The molecule has 26 heavy (non-hydrogen) atoms. The highest BCUT2D eigenvalue weighted by atomic mass is 16.4. The van der Waals surface area contributed by atoms with Crippen molar-refractivity contribution in [2.24, 2.45) is 0 Å². The third kappa shape index (κ3) is 9.02. The van der Waals surface area contributed by atoms with Crippen molar-refractivity contribution in [3.63, 3.8) is 0 Å². The summed E-state index contributed by atoms with van der Waals surface area (Å²) in [6, 6.07) is 0. The third-order valence-electron chi connectivity index (χ3n) is 3.13. The molecule has 156 valence electrons. The molecule has 0 aromatic rings. The van der Waals surface area contributed by atoms with E-state index in [2.05, 4.69) is 0 Å². The lowest BCUT2D eigenvalue weighted by atomic mass is 10.0. The molecule has 0 saturated carbocycles. The SMILES string of the molecule is O=C(CO)[C@@H](O)[C@@H](O)[C@H](O)CO.O=C(CO)[C@@H](O)[C@@H](O)[C@H](O)[C@H](O)CO. The fraction of sp³-hybridized carbons (Fsp3) is 0.846. The van der Waals surface area contributed by atoms with Gasteiger partial charge in [-0.3, -0.25) is 9.59 Å². The molecule has 0 aromatic carbocycles. The summed E-state index contributed by atoms with van der Waals surface area (Å²) >= 11 is 0. The second-order valence-electron chi connectivity index (χ2n) is 5.11. The molecule has 0 saturated heterocycles. The molecule has 0 bridgehead atoms. The largest absolute Gasteiger partial charge is 0.394 e. The molecule has 0 fully saturated rings. The lowest BCUT2D eigenvalue weighted by Gasteiger charge is -2.24. The van der Waals surface area contributed by atoms with Gasteiger partial charge in [-0.05, 0) is 0 Å². The van der Waals surface area contributed by atoms with Gasteiger partial charge in [-0.25, -0.2) is 0 Å². The second-order valence-corrected chi connectivity index (χ2v) is 5.11. The zero-order chi connectivity index (χ0) is 21.0. The van der Waals surface area contributed by atoms with Crippen molar-refractivity contribution in [2.75, 3.05) is 26.4 Å². The zero-order valence-corrected chi connectivity index (χ0v) is 13.6. The van der Waals surface area contributed by atoms with Crippen LogP contribution in [0.1, 0.15) is 0 Å². The van der Waals surface area contributed by atoms with Gasteiger partial charge in [0.05, 0.1) is 13.2 Å². The van der Waals surface area contributed by atoms with Gasteiger partial charge in [0, 0.05) is 0 Å². The lowest BCUT2D eigenvalue weighted by molar-refractivity contribution is -0.149. The van der Waals surface area contributed by atoms with Crippen molar-refractivity contribution in [2.45, 2.75) is 42.7 Å². The molecule has 13 heteroatoms. The summed E-state index contributed by atoms with van der Waals surface area (Å²) in [5.74, 6) is -2.09. The molecule has 13 nitrogen and oxygen atoms in total. The molecular formula is C13H26O13. The van der Waals surface area contributed by atoms with E-state index >= 15 is 0 Å². The van der Waals surface area contributed by atoms with E-state index in [-0.39, 0.29) is 0 Å². The molecule has 0 heterocycles. The third-order valence-corrected chi connectivity index (χ3v) is 3.13. The maximum atomic E-state index is 10.7. The Morgan fingerprint density at radius 1 is 0.538 bits per heavy atom. The first-order valence-corrected chi connectivity index (χ1v) is 7.25. The van der Waals surface area contributed by atoms with Gasteiger partial charge in [0.1, 0.15) is 55.9 Å². The smallest absolute Gasteiger partial charge is 0.189 e. The van der Waals surface area contributed by atoms with Crippen LogP contribution < -0.4 is 0 Å². The quantitative estimate of drug-likeness (QED) is 0.157. The maximum absolute atomic E-state index is 10.7. The summed E-state index contributed by atoms with van der Waals surface area (Å²) in [5, 5.41) is 95.7. The van der Waals surface area contributed by atoms with Gasteiger partial charge >= 0.3 is 0 Å². The Morgan fingerprint density at radius 3 is 1.15 bits per heavy atom. The Bertz CT molecular complexity index is 403. The number of hydrogen-bond donors (Lipinski definition) is 11. The van der Waals surface area contributed by atoms with Crippen LogP contribution in [0, 0.1) is 0 Å². The van der Waals surface area contributed by atoms with E-state index in [1.807, 2.05) is 0 Å². The first kappa shape index (κ1) is 27.1. The minimum absolute atomic E-state index is 0.767. The van der Waals surface area contributed by atoms with Gasteiger partial charge in [0.2, 0.25) is 0 Å². The Morgan fingerprint density at radius 2 is 0.846 bits per heavy atom. The van der Waals surface area contributed by atoms with Gasteiger partial charge in [0.15, 0.2) is 11.6 Å². The first-order chi connectivity index (χ1) is 12.0. The highest BCUT2D eigenvalue weighted by Crippen LogP contribution is 2.05. The van der Waals surface area contributed by atoms with Crippen LogP contribution in [0.4, 0.5) is 0 Å².